The molecule has 126 valence electrons. The minimum absolute atomic E-state index is 0.105. The Balaban J connectivity index is 3.84. The van der Waals surface area contributed by atoms with Gasteiger partial charge in [0.05, 0.1) is 26.2 Å². The molecule has 0 spiro atoms. The van der Waals surface area contributed by atoms with Gasteiger partial charge in [-0.3, -0.25) is 9.28 Å². The Hall–Kier alpha value is -0.690. The standard InChI is InChI=1S/C15H33N3O3/c1-4-18(14-19,11-9-16-2)12-10-17-15(20)8-6-5-7-13-21-3/h16,19H,4-14H2,1-3H3/p+1. The molecule has 0 fully saturated rings. The summed E-state index contributed by atoms with van der Waals surface area (Å²) in [7, 11) is 3.60. The van der Waals surface area contributed by atoms with Crippen molar-refractivity contribution < 1.29 is 19.1 Å². The Kier molecular flexibility index (Phi) is 12.6. The van der Waals surface area contributed by atoms with Crippen LogP contribution in [0.3, 0.4) is 0 Å². The number of hydrogen-bond donors (Lipinski definition) is 3. The highest BCUT2D eigenvalue weighted by Gasteiger charge is 2.23. The van der Waals surface area contributed by atoms with Gasteiger partial charge in [-0.05, 0) is 26.8 Å². The van der Waals surface area contributed by atoms with E-state index in [2.05, 4.69) is 17.6 Å². The first-order chi connectivity index (χ1) is 10.1. The van der Waals surface area contributed by atoms with Gasteiger partial charge in [0.1, 0.15) is 0 Å². The fraction of sp³-hybridized carbons (Fsp3) is 0.933. The van der Waals surface area contributed by atoms with Crippen LogP contribution in [-0.2, 0) is 9.53 Å². The van der Waals surface area contributed by atoms with Gasteiger partial charge in [-0.2, -0.15) is 0 Å². The van der Waals surface area contributed by atoms with E-state index in [-0.39, 0.29) is 12.6 Å². The highest BCUT2D eigenvalue weighted by Crippen LogP contribution is 2.04. The average molecular weight is 304 g/mol. The molecule has 6 heteroatoms. The second-order valence-electron chi connectivity index (χ2n) is 5.50. The van der Waals surface area contributed by atoms with Gasteiger partial charge in [0, 0.05) is 26.7 Å². The van der Waals surface area contributed by atoms with Crippen molar-refractivity contribution in [3.05, 3.63) is 0 Å². The first kappa shape index (κ1) is 20.3. The Morgan fingerprint density at radius 1 is 1.19 bits per heavy atom. The molecule has 1 amide bonds. The average Bonchev–Trinajstić information content (AvgIpc) is 2.51. The van der Waals surface area contributed by atoms with E-state index in [1.165, 1.54) is 0 Å². The first-order valence-corrected chi connectivity index (χ1v) is 8.00. The maximum Gasteiger partial charge on any atom is 0.220 e. The van der Waals surface area contributed by atoms with Gasteiger partial charge in [-0.1, -0.05) is 6.42 Å². The molecule has 0 bridgehead atoms. The summed E-state index contributed by atoms with van der Waals surface area (Å²) in [6, 6.07) is 0. The minimum atomic E-state index is 0.105. The number of nitrogens with zero attached hydrogens (tertiary/aromatic N) is 1. The zero-order chi connectivity index (χ0) is 16.0. The molecule has 21 heavy (non-hydrogen) atoms. The van der Waals surface area contributed by atoms with Crippen LogP contribution in [-0.4, -0.2) is 75.7 Å². The number of unbranched alkanes of at least 4 members (excludes halogenated alkanes) is 2. The fourth-order valence-electron chi connectivity index (χ4n) is 2.25. The molecule has 0 aromatic carbocycles. The topological polar surface area (TPSA) is 70.6 Å². The summed E-state index contributed by atoms with van der Waals surface area (Å²) in [6.07, 6.45) is 3.51. The number of carbonyl (C=O) groups excluding carboxylic acids is 1. The van der Waals surface area contributed by atoms with E-state index >= 15 is 0 Å². The van der Waals surface area contributed by atoms with Crippen LogP contribution in [0, 0.1) is 0 Å². The Bertz CT molecular complexity index is 259. The predicted octanol–water partition coefficient (Wildman–Crippen LogP) is 0.315. The quantitative estimate of drug-likeness (QED) is 0.245. The number of aliphatic hydroxyl groups excluding tert-OH is 1. The summed E-state index contributed by atoms with van der Waals surface area (Å²) in [6.45, 7) is 6.94. The van der Waals surface area contributed by atoms with E-state index in [4.69, 9.17) is 4.74 Å². The fourth-order valence-corrected chi connectivity index (χ4v) is 2.25. The summed E-state index contributed by atoms with van der Waals surface area (Å²) < 4.78 is 5.60. The lowest BCUT2D eigenvalue weighted by atomic mass is 10.2. The number of quaternary nitrogens is 1. The summed E-state index contributed by atoms with van der Waals surface area (Å²) in [5.74, 6) is 0.105. The van der Waals surface area contributed by atoms with Gasteiger partial charge >= 0.3 is 0 Å². The third-order valence-electron chi connectivity index (χ3n) is 3.97. The van der Waals surface area contributed by atoms with Crippen LogP contribution in [0.25, 0.3) is 0 Å². The molecule has 0 aromatic heterocycles. The van der Waals surface area contributed by atoms with Crippen molar-refractivity contribution in [1.82, 2.24) is 10.6 Å². The van der Waals surface area contributed by atoms with E-state index < -0.39 is 0 Å². The molecular formula is C15H34N3O3+. The van der Waals surface area contributed by atoms with Crippen LogP contribution in [0.5, 0.6) is 0 Å². The van der Waals surface area contributed by atoms with Crippen LogP contribution in [0.1, 0.15) is 32.6 Å². The van der Waals surface area contributed by atoms with E-state index in [1.807, 2.05) is 7.05 Å². The van der Waals surface area contributed by atoms with Crippen molar-refractivity contribution in [3.63, 3.8) is 0 Å². The smallest absolute Gasteiger partial charge is 0.220 e. The van der Waals surface area contributed by atoms with Gasteiger partial charge in [-0.15, -0.1) is 0 Å². The summed E-state index contributed by atoms with van der Waals surface area (Å²) in [5, 5.41) is 15.7. The summed E-state index contributed by atoms with van der Waals surface area (Å²) in [5.41, 5.74) is 0. The van der Waals surface area contributed by atoms with Gasteiger partial charge in [0.2, 0.25) is 5.91 Å². The van der Waals surface area contributed by atoms with Crippen LogP contribution >= 0.6 is 0 Å². The van der Waals surface area contributed by atoms with Gasteiger partial charge < -0.3 is 20.5 Å². The van der Waals surface area contributed by atoms with E-state index in [0.29, 0.717) is 17.4 Å². The number of carbonyl (C=O) groups is 1. The van der Waals surface area contributed by atoms with Crippen molar-refractivity contribution in [3.8, 4) is 0 Å². The molecule has 0 aliphatic rings. The SMILES string of the molecule is CC[N+](CO)(CCNC)CCNC(=O)CCCCCOC. The third-order valence-corrected chi connectivity index (χ3v) is 3.97. The highest BCUT2D eigenvalue weighted by molar-refractivity contribution is 5.75. The lowest BCUT2D eigenvalue weighted by Gasteiger charge is -2.35. The van der Waals surface area contributed by atoms with Crippen molar-refractivity contribution in [2.24, 2.45) is 0 Å². The molecule has 1 atom stereocenters. The second-order valence-corrected chi connectivity index (χ2v) is 5.50. The van der Waals surface area contributed by atoms with Crippen molar-refractivity contribution >= 4 is 5.91 Å². The lowest BCUT2D eigenvalue weighted by Crippen LogP contribution is -2.54. The lowest BCUT2D eigenvalue weighted by molar-refractivity contribution is -0.941. The van der Waals surface area contributed by atoms with Crippen LogP contribution in [0.4, 0.5) is 0 Å². The highest BCUT2D eigenvalue weighted by atomic mass is 16.5. The zero-order valence-electron chi connectivity index (χ0n) is 14.0. The number of likely N-dealkylation sites (N-methyl/N-ethyl adjacent to an activating group) is 2. The molecule has 0 saturated heterocycles. The number of ether oxygens (including phenoxy) is 1. The molecule has 0 aromatic rings. The van der Waals surface area contributed by atoms with Crippen LogP contribution < -0.4 is 10.6 Å². The molecule has 0 rings (SSSR count). The number of rotatable bonds is 14. The second kappa shape index (κ2) is 13.0. The van der Waals surface area contributed by atoms with Crippen LogP contribution in [0.2, 0.25) is 0 Å². The predicted molar refractivity (Wildman–Crippen MR) is 84.9 cm³/mol. The van der Waals surface area contributed by atoms with Gasteiger partial charge in [-0.25, -0.2) is 0 Å². The molecule has 0 heterocycles. The van der Waals surface area contributed by atoms with E-state index in [9.17, 15) is 9.90 Å². The zero-order valence-corrected chi connectivity index (χ0v) is 14.0. The number of aliphatic hydroxyl groups is 1. The monoisotopic (exact) mass is 304 g/mol. The minimum Gasteiger partial charge on any atom is -0.385 e. The van der Waals surface area contributed by atoms with Gasteiger partial charge in [0.15, 0.2) is 6.73 Å². The van der Waals surface area contributed by atoms with Crippen LogP contribution in [0.15, 0.2) is 0 Å². The number of hydrogen-bond acceptors (Lipinski definition) is 4. The maximum atomic E-state index is 11.7. The summed E-state index contributed by atoms with van der Waals surface area (Å²) >= 11 is 0. The van der Waals surface area contributed by atoms with Gasteiger partial charge in [0.25, 0.3) is 0 Å². The third kappa shape index (κ3) is 9.79. The largest absolute Gasteiger partial charge is 0.385 e. The molecule has 0 aliphatic carbocycles. The molecule has 6 nitrogen and oxygen atoms in total. The molecule has 3 N–H and O–H groups in total. The Labute approximate surface area is 129 Å². The molecule has 0 aliphatic heterocycles. The Morgan fingerprint density at radius 2 is 1.90 bits per heavy atom. The van der Waals surface area contributed by atoms with E-state index in [0.717, 1.165) is 52.0 Å². The van der Waals surface area contributed by atoms with Crippen molar-refractivity contribution in [1.29, 1.82) is 0 Å². The molecule has 0 saturated carbocycles. The van der Waals surface area contributed by atoms with Crippen molar-refractivity contribution in [2.75, 3.05) is 60.2 Å². The molecular weight excluding hydrogens is 270 g/mol. The number of methoxy groups -OCH3 is 1. The number of nitrogens with one attached hydrogen (secondary N) is 2. The van der Waals surface area contributed by atoms with Crippen molar-refractivity contribution in [2.45, 2.75) is 32.6 Å². The normalized spacial score (nSPS) is 13.9. The molecule has 1 unspecified atom stereocenters. The summed E-state index contributed by atoms with van der Waals surface area (Å²) in [4.78, 5) is 11.7. The van der Waals surface area contributed by atoms with E-state index in [1.54, 1.807) is 7.11 Å². The first-order valence-electron chi connectivity index (χ1n) is 8.00. The molecule has 0 radical (unpaired) electrons. The maximum absolute atomic E-state index is 11.7. The number of amides is 1. The Morgan fingerprint density at radius 3 is 2.48 bits per heavy atom.